The zero-order valence-corrected chi connectivity index (χ0v) is 16.9. The van der Waals surface area contributed by atoms with Crippen molar-refractivity contribution in [2.75, 3.05) is 19.8 Å². The van der Waals surface area contributed by atoms with Gasteiger partial charge in [0, 0.05) is 0 Å². The number of hydrogen-bond acceptors (Lipinski definition) is 6. The van der Waals surface area contributed by atoms with Crippen LogP contribution >= 0.6 is 0 Å². The first-order valence-corrected chi connectivity index (χ1v) is 9.84. The molecule has 0 aliphatic carbocycles. The van der Waals surface area contributed by atoms with Crippen molar-refractivity contribution < 1.29 is 28.7 Å². The molecule has 9 nitrogen and oxygen atoms in total. The van der Waals surface area contributed by atoms with E-state index in [0.29, 0.717) is 35.2 Å². The summed E-state index contributed by atoms with van der Waals surface area (Å²) in [4.78, 5) is 51.1. The summed E-state index contributed by atoms with van der Waals surface area (Å²) in [6.07, 6.45) is 0. The molecule has 1 atom stereocenters. The Balaban J connectivity index is 1.39. The molecule has 0 aromatic heterocycles. The lowest BCUT2D eigenvalue weighted by Gasteiger charge is -2.21. The third-order valence-corrected chi connectivity index (χ3v) is 5.06. The second-order valence-corrected chi connectivity index (χ2v) is 7.24. The number of nitrogens with zero attached hydrogens (tertiary/aromatic N) is 2. The van der Waals surface area contributed by atoms with Gasteiger partial charge in [-0.15, -0.1) is 0 Å². The van der Waals surface area contributed by atoms with Gasteiger partial charge in [-0.2, -0.15) is 0 Å². The fraction of sp³-hybridized carbons (Fsp3) is 0.273. The Morgan fingerprint density at radius 1 is 0.968 bits per heavy atom. The summed E-state index contributed by atoms with van der Waals surface area (Å²) in [5.41, 5.74) is 1.48. The number of carbonyl (C=O) groups excluding carboxylic acids is 4. The molecule has 2 aromatic carbocycles. The highest BCUT2D eigenvalue weighted by Gasteiger charge is 2.45. The first-order valence-electron chi connectivity index (χ1n) is 9.84. The summed E-state index contributed by atoms with van der Waals surface area (Å²) in [5.74, 6) is -1.28. The largest absolute Gasteiger partial charge is 0.486 e. The molecule has 1 unspecified atom stereocenters. The van der Waals surface area contributed by atoms with Crippen LogP contribution < -0.4 is 14.8 Å². The van der Waals surface area contributed by atoms with Crippen LogP contribution in [-0.2, 0) is 20.9 Å². The van der Waals surface area contributed by atoms with Crippen LogP contribution in [0.3, 0.4) is 0 Å². The summed E-state index contributed by atoms with van der Waals surface area (Å²) in [6.45, 7) is 2.13. The van der Waals surface area contributed by atoms with Gasteiger partial charge in [-0.1, -0.05) is 36.4 Å². The van der Waals surface area contributed by atoms with Crippen molar-refractivity contribution in [2.45, 2.75) is 19.5 Å². The fourth-order valence-corrected chi connectivity index (χ4v) is 3.44. The lowest BCUT2D eigenvalue weighted by molar-refractivity contribution is -0.144. The SMILES string of the molecule is CC(NC(=O)CN1C(=O)C(=O)N(Cc2ccccc2)C1=O)c1ccc2c(c1)OCCO2. The summed E-state index contributed by atoms with van der Waals surface area (Å²) in [5, 5.41) is 2.74. The number of fused-ring (bicyclic) bond motifs is 1. The monoisotopic (exact) mass is 423 g/mol. The molecular formula is C22H21N3O6. The van der Waals surface area contributed by atoms with Crippen LogP contribution in [0.4, 0.5) is 4.79 Å². The Hall–Kier alpha value is -3.88. The van der Waals surface area contributed by atoms with Gasteiger partial charge in [0.15, 0.2) is 11.5 Å². The Labute approximate surface area is 178 Å². The van der Waals surface area contributed by atoms with E-state index < -0.39 is 36.3 Å². The number of urea groups is 1. The Morgan fingerprint density at radius 2 is 1.65 bits per heavy atom. The zero-order valence-electron chi connectivity index (χ0n) is 16.9. The summed E-state index contributed by atoms with van der Waals surface area (Å²) < 4.78 is 11.0. The summed E-state index contributed by atoms with van der Waals surface area (Å²) in [6, 6.07) is 13.0. The van der Waals surface area contributed by atoms with Gasteiger partial charge in [0.1, 0.15) is 19.8 Å². The van der Waals surface area contributed by atoms with E-state index in [-0.39, 0.29) is 6.54 Å². The van der Waals surface area contributed by atoms with E-state index in [9.17, 15) is 19.2 Å². The van der Waals surface area contributed by atoms with Crippen LogP contribution in [0.25, 0.3) is 0 Å². The quantitative estimate of drug-likeness (QED) is 0.559. The van der Waals surface area contributed by atoms with E-state index in [4.69, 9.17) is 9.47 Å². The minimum atomic E-state index is -1.01. The van der Waals surface area contributed by atoms with Crippen molar-refractivity contribution in [3.8, 4) is 11.5 Å². The molecule has 0 spiro atoms. The third kappa shape index (κ3) is 4.20. The predicted octanol–water partition coefficient (Wildman–Crippen LogP) is 1.63. The highest BCUT2D eigenvalue weighted by atomic mass is 16.6. The van der Waals surface area contributed by atoms with Crippen LogP contribution in [0.2, 0.25) is 0 Å². The summed E-state index contributed by atoms with van der Waals surface area (Å²) >= 11 is 0. The minimum absolute atomic E-state index is 0.0318. The number of imide groups is 2. The van der Waals surface area contributed by atoms with Crippen LogP contribution in [0.1, 0.15) is 24.1 Å². The average Bonchev–Trinajstić information content (AvgIpc) is 2.97. The third-order valence-electron chi connectivity index (χ3n) is 5.06. The second kappa shape index (κ2) is 8.47. The molecule has 9 heteroatoms. The minimum Gasteiger partial charge on any atom is -0.486 e. The molecule has 1 fully saturated rings. The van der Waals surface area contributed by atoms with Crippen molar-refractivity contribution in [3.63, 3.8) is 0 Å². The first kappa shape index (κ1) is 20.4. The molecule has 1 N–H and O–H groups in total. The smallest absolute Gasteiger partial charge is 0.335 e. The molecule has 2 aliphatic rings. The molecule has 1 saturated heterocycles. The zero-order chi connectivity index (χ0) is 22.0. The van der Waals surface area contributed by atoms with Crippen molar-refractivity contribution in [2.24, 2.45) is 0 Å². The number of ether oxygens (including phenoxy) is 2. The predicted molar refractivity (Wildman–Crippen MR) is 108 cm³/mol. The first-order chi connectivity index (χ1) is 14.9. The highest BCUT2D eigenvalue weighted by Crippen LogP contribution is 2.32. The van der Waals surface area contributed by atoms with Gasteiger partial charge < -0.3 is 14.8 Å². The van der Waals surface area contributed by atoms with Crippen LogP contribution in [0.5, 0.6) is 11.5 Å². The van der Waals surface area contributed by atoms with E-state index in [0.717, 1.165) is 10.5 Å². The van der Waals surface area contributed by atoms with Crippen LogP contribution in [0, 0.1) is 0 Å². The molecule has 2 heterocycles. The van der Waals surface area contributed by atoms with E-state index in [1.54, 1.807) is 49.4 Å². The topological polar surface area (TPSA) is 105 Å². The lowest BCUT2D eigenvalue weighted by atomic mass is 10.1. The summed E-state index contributed by atoms with van der Waals surface area (Å²) in [7, 11) is 0. The van der Waals surface area contributed by atoms with Crippen molar-refractivity contribution in [3.05, 3.63) is 59.7 Å². The van der Waals surface area contributed by atoms with Crippen molar-refractivity contribution in [1.82, 2.24) is 15.1 Å². The Kier molecular flexibility index (Phi) is 5.57. The molecule has 2 aromatic rings. The number of benzene rings is 2. The number of carbonyl (C=O) groups is 4. The number of hydrogen-bond donors (Lipinski definition) is 1. The number of nitrogens with one attached hydrogen (secondary N) is 1. The van der Waals surface area contributed by atoms with Crippen LogP contribution in [-0.4, -0.2) is 53.3 Å². The Morgan fingerprint density at radius 3 is 2.39 bits per heavy atom. The normalized spacial score (nSPS) is 16.5. The average molecular weight is 423 g/mol. The highest BCUT2D eigenvalue weighted by molar-refractivity contribution is 6.44. The molecule has 0 saturated carbocycles. The van der Waals surface area contributed by atoms with E-state index in [1.165, 1.54) is 0 Å². The van der Waals surface area contributed by atoms with Crippen molar-refractivity contribution >= 4 is 23.8 Å². The standard InChI is InChI=1S/C22H21N3O6/c1-14(16-7-8-17-18(11-16)31-10-9-30-17)23-19(26)13-25-21(28)20(27)24(22(25)29)12-15-5-3-2-4-6-15/h2-8,11,14H,9-10,12-13H2,1H3,(H,23,26). The van der Waals surface area contributed by atoms with Crippen molar-refractivity contribution in [1.29, 1.82) is 0 Å². The molecule has 2 aliphatic heterocycles. The lowest BCUT2D eigenvalue weighted by Crippen LogP contribution is -2.42. The van der Waals surface area contributed by atoms with Crippen LogP contribution in [0.15, 0.2) is 48.5 Å². The molecular weight excluding hydrogens is 402 g/mol. The van der Waals surface area contributed by atoms with Gasteiger partial charge in [0.2, 0.25) is 5.91 Å². The molecule has 0 radical (unpaired) electrons. The maximum absolute atomic E-state index is 12.6. The molecule has 160 valence electrons. The van der Waals surface area contributed by atoms with Gasteiger partial charge in [-0.05, 0) is 30.2 Å². The molecule has 5 amide bonds. The van der Waals surface area contributed by atoms with E-state index in [2.05, 4.69) is 5.32 Å². The number of rotatable bonds is 6. The van der Waals surface area contributed by atoms with E-state index >= 15 is 0 Å². The fourth-order valence-electron chi connectivity index (χ4n) is 3.44. The van der Waals surface area contributed by atoms with E-state index in [1.807, 2.05) is 6.07 Å². The molecule has 4 rings (SSSR count). The molecule has 31 heavy (non-hydrogen) atoms. The van der Waals surface area contributed by atoms with Gasteiger partial charge in [0.05, 0.1) is 12.6 Å². The van der Waals surface area contributed by atoms with Gasteiger partial charge in [-0.25, -0.2) is 9.69 Å². The number of amides is 5. The van der Waals surface area contributed by atoms with Gasteiger partial charge in [-0.3, -0.25) is 19.3 Å². The maximum atomic E-state index is 12.6. The second-order valence-electron chi connectivity index (χ2n) is 7.24. The Bertz CT molecular complexity index is 1040. The van der Waals surface area contributed by atoms with Gasteiger partial charge in [0.25, 0.3) is 0 Å². The maximum Gasteiger partial charge on any atom is 0.335 e. The van der Waals surface area contributed by atoms with Gasteiger partial charge >= 0.3 is 17.8 Å². The molecule has 0 bridgehead atoms.